The summed E-state index contributed by atoms with van der Waals surface area (Å²) in [6, 6.07) is 5.81. The Morgan fingerprint density at radius 1 is 1.45 bits per heavy atom. The summed E-state index contributed by atoms with van der Waals surface area (Å²) in [4.78, 5) is 10.5. The maximum absolute atomic E-state index is 13.1. The number of aromatic nitrogens is 2. The van der Waals surface area contributed by atoms with Gasteiger partial charge in [0.05, 0.1) is 6.20 Å². The highest BCUT2D eigenvalue weighted by atomic mass is 19.1. The summed E-state index contributed by atoms with van der Waals surface area (Å²) in [5, 5.41) is 3.47. The van der Waals surface area contributed by atoms with Crippen molar-refractivity contribution in [2.24, 2.45) is 0 Å². The highest BCUT2D eigenvalue weighted by molar-refractivity contribution is 5.50. The fourth-order valence-electron chi connectivity index (χ4n) is 2.59. The Balaban J connectivity index is 1.74. The molecule has 1 N–H and O–H groups in total. The zero-order valence-corrected chi connectivity index (χ0v) is 11.4. The van der Waals surface area contributed by atoms with Crippen LogP contribution in [0.2, 0.25) is 0 Å². The molecule has 0 amide bonds. The van der Waals surface area contributed by atoms with E-state index in [0.29, 0.717) is 6.54 Å². The van der Waals surface area contributed by atoms with Crippen LogP contribution in [-0.2, 0) is 6.54 Å². The standard InChI is InChI=1S/C15H17FN4/c1-20-6-4-14(13-3-2-5-18-15(13)20)19-9-11-7-12(16)10-17-8-11/h2-3,5,7-8,10,14,19H,4,6,9H2,1H3. The lowest BCUT2D eigenvalue weighted by atomic mass is 10.00. The largest absolute Gasteiger partial charge is 0.359 e. The van der Waals surface area contributed by atoms with Gasteiger partial charge in [0.2, 0.25) is 0 Å². The van der Waals surface area contributed by atoms with Gasteiger partial charge in [0, 0.05) is 44.1 Å². The number of halogens is 1. The monoisotopic (exact) mass is 272 g/mol. The first kappa shape index (κ1) is 13.0. The molecule has 5 heteroatoms. The summed E-state index contributed by atoms with van der Waals surface area (Å²) in [6.07, 6.45) is 5.74. The molecule has 0 bridgehead atoms. The van der Waals surface area contributed by atoms with Crippen LogP contribution in [0.4, 0.5) is 10.2 Å². The molecule has 3 rings (SSSR count). The Morgan fingerprint density at radius 3 is 3.20 bits per heavy atom. The quantitative estimate of drug-likeness (QED) is 0.930. The second kappa shape index (κ2) is 5.54. The van der Waals surface area contributed by atoms with Crippen molar-refractivity contribution in [1.82, 2.24) is 15.3 Å². The van der Waals surface area contributed by atoms with Gasteiger partial charge in [-0.15, -0.1) is 0 Å². The van der Waals surface area contributed by atoms with Crippen LogP contribution < -0.4 is 10.2 Å². The first-order chi connectivity index (χ1) is 9.74. The third-order valence-electron chi connectivity index (χ3n) is 3.62. The van der Waals surface area contributed by atoms with Crippen LogP contribution in [-0.4, -0.2) is 23.6 Å². The van der Waals surface area contributed by atoms with E-state index >= 15 is 0 Å². The normalized spacial score (nSPS) is 17.9. The average molecular weight is 272 g/mol. The second-order valence-electron chi connectivity index (χ2n) is 5.07. The molecule has 2 aromatic rings. The van der Waals surface area contributed by atoms with E-state index in [4.69, 9.17) is 0 Å². The van der Waals surface area contributed by atoms with E-state index in [9.17, 15) is 4.39 Å². The summed E-state index contributed by atoms with van der Waals surface area (Å²) >= 11 is 0. The predicted octanol–water partition coefficient (Wildman–Crippen LogP) is 2.29. The van der Waals surface area contributed by atoms with Gasteiger partial charge in [0.25, 0.3) is 0 Å². The van der Waals surface area contributed by atoms with Crippen molar-refractivity contribution in [2.75, 3.05) is 18.5 Å². The minimum atomic E-state index is -0.297. The van der Waals surface area contributed by atoms with E-state index in [1.807, 2.05) is 12.3 Å². The van der Waals surface area contributed by atoms with Crippen LogP contribution in [0.5, 0.6) is 0 Å². The van der Waals surface area contributed by atoms with Gasteiger partial charge in [-0.2, -0.15) is 0 Å². The molecule has 4 nitrogen and oxygen atoms in total. The van der Waals surface area contributed by atoms with Gasteiger partial charge in [-0.05, 0) is 24.1 Å². The zero-order chi connectivity index (χ0) is 13.9. The Hall–Kier alpha value is -2.01. The van der Waals surface area contributed by atoms with Crippen molar-refractivity contribution in [3.05, 3.63) is 53.7 Å². The summed E-state index contributed by atoms with van der Waals surface area (Å²) < 4.78 is 13.1. The maximum atomic E-state index is 13.1. The smallest absolute Gasteiger partial charge is 0.141 e. The molecule has 0 fully saturated rings. The summed E-state index contributed by atoms with van der Waals surface area (Å²) in [7, 11) is 2.05. The summed E-state index contributed by atoms with van der Waals surface area (Å²) in [5.74, 6) is 0.725. The molecular formula is C15H17FN4. The lowest BCUT2D eigenvalue weighted by Crippen LogP contribution is -2.34. The molecule has 2 aromatic heterocycles. The maximum Gasteiger partial charge on any atom is 0.141 e. The molecule has 20 heavy (non-hydrogen) atoms. The molecule has 0 radical (unpaired) electrons. The van der Waals surface area contributed by atoms with Crippen molar-refractivity contribution < 1.29 is 4.39 Å². The Kier molecular flexibility index (Phi) is 3.60. The minimum Gasteiger partial charge on any atom is -0.359 e. The first-order valence-electron chi connectivity index (χ1n) is 6.73. The number of nitrogens with one attached hydrogen (secondary N) is 1. The van der Waals surface area contributed by atoms with E-state index in [0.717, 1.165) is 24.3 Å². The molecule has 0 saturated carbocycles. The van der Waals surface area contributed by atoms with Crippen molar-refractivity contribution >= 4 is 5.82 Å². The van der Waals surface area contributed by atoms with Crippen molar-refractivity contribution in [3.8, 4) is 0 Å². The van der Waals surface area contributed by atoms with Gasteiger partial charge in [-0.25, -0.2) is 9.37 Å². The van der Waals surface area contributed by atoms with E-state index in [1.54, 1.807) is 6.20 Å². The molecule has 104 valence electrons. The van der Waals surface area contributed by atoms with Crippen LogP contribution in [0.3, 0.4) is 0 Å². The highest BCUT2D eigenvalue weighted by Crippen LogP contribution is 2.30. The van der Waals surface area contributed by atoms with Crippen LogP contribution in [0.1, 0.15) is 23.6 Å². The number of anilines is 1. The van der Waals surface area contributed by atoms with Crippen LogP contribution >= 0.6 is 0 Å². The third-order valence-corrected chi connectivity index (χ3v) is 3.62. The first-order valence-corrected chi connectivity index (χ1v) is 6.73. The summed E-state index contributed by atoms with van der Waals surface area (Å²) in [5.41, 5.74) is 2.06. The summed E-state index contributed by atoms with van der Waals surface area (Å²) in [6.45, 7) is 1.57. The average Bonchev–Trinajstić information content (AvgIpc) is 2.47. The van der Waals surface area contributed by atoms with Crippen molar-refractivity contribution in [3.63, 3.8) is 0 Å². The topological polar surface area (TPSA) is 41.0 Å². The second-order valence-corrected chi connectivity index (χ2v) is 5.07. The van der Waals surface area contributed by atoms with Gasteiger partial charge in [0.15, 0.2) is 0 Å². The SMILES string of the molecule is CN1CCC(NCc2cncc(F)c2)c2cccnc21. The van der Waals surface area contributed by atoms with Crippen molar-refractivity contribution in [1.29, 1.82) is 0 Å². The van der Waals surface area contributed by atoms with E-state index < -0.39 is 0 Å². The van der Waals surface area contributed by atoms with Crippen LogP contribution in [0, 0.1) is 5.82 Å². The van der Waals surface area contributed by atoms with E-state index in [-0.39, 0.29) is 11.9 Å². The molecule has 1 unspecified atom stereocenters. The lowest BCUT2D eigenvalue weighted by Gasteiger charge is -2.32. The van der Waals surface area contributed by atoms with Gasteiger partial charge >= 0.3 is 0 Å². The van der Waals surface area contributed by atoms with E-state index in [1.165, 1.54) is 17.8 Å². The molecule has 0 aliphatic carbocycles. The van der Waals surface area contributed by atoms with Gasteiger partial charge in [-0.1, -0.05) is 6.07 Å². The molecule has 0 aromatic carbocycles. The highest BCUT2D eigenvalue weighted by Gasteiger charge is 2.23. The minimum absolute atomic E-state index is 0.248. The third kappa shape index (κ3) is 2.63. The number of hydrogen-bond donors (Lipinski definition) is 1. The van der Waals surface area contributed by atoms with Crippen LogP contribution in [0.25, 0.3) is 0 Å². The van der Waals surface area contributed by atoms with Gasteiger partial charge in [-0.3, -0.25) is 4.98 Å². The molecule has 3 heterocycles. The molecule has 0 spiro atoms. The lowest BCUT2D eigenvalue weighted by molar-refractivity contribution is 0.479. The molecule has 1 aliphatic heterocycles. The van der Waals surface area contributed by atoms with Crippen LogP contribution in [0.15, 0.2) is 36.8 Å². The number of fused-ring (bicyclic) bond motifs is 1. The number of nitrogens with zero attached hydrogens (tertiary/aromatic N) is 3. The molecule has 1 atom stereocenters. The number of pyridine rings is 2. The fourth-order valence-corrected chi connectivity index (χ4v) is 2.59. The van der Waals surface area contributed by atoms with Gasteiger partial charge in [0.1, 0.15) is 11.6 Å². The Morgan fingerprint density at radius 2 is 2.35 bits per heavy atom. The molecule has 0 saturated heterocycles. The Labute approximate surface area is 117 Å². The Bertz CT molecular complexity index is 602. The number of rotatable bonds is 3. The predicted molar refractivity (Wildman–Crippen MR) is 75.9 cm³/mol. The molecular weight excluding hydrogens is 255 g/mol. The molecule has 1 aliphatic rings. The fraction of sp³-hybridized carbons (Fsp3) is 0.333. The zero-order valence-electron chi connectivity index (χ0n) is 11.4. The van der Waals surface area contributed by atoms with Crippen molar-refractivity contribution in [2.45, 2.75) is 19.0 Å². The number of hydrogen-bond acceptors (Lipinski definition) is 4. The van der Waals surface area contributed by atoms with E-state index in [2.05, 4.69) is 33.3 Å². The van der Waals surface area contributed by atoms with Gasteiger partial charge < -0.3 is 10.2 Å².